The standard InChI is InChI=1S/C28H24N2O3S/c1-17-13-25(33-2)29-15-22(17)28(20-8-9-20)27(21-10-11-24-23(14-21)30-16-34-24)19-6-3-18(4-7-19)5-12-26(31)32/h3-7,10-16,20H,8-9H2,1-2H3,(H,31,32)/b12-5+,28-27+. The summed E-state index contributed by atoms with van der Waals surface area (Å²) in [7, 11) is 1.63. The number of pyridine rings is 1. The summed E-state index contributed by atoms with van der Waals surface area (Å²) < 4.78 is 6.51. The van der Waals surface area contributed by atoms with E-state index in [2.05, 4.69) is 47.2 Å². The summed E-state index contributed by atoms with van der Waals surface area (Å²) >= 11 is 1.64. The number of hydrogen-bond donors (Lipinski definition) is 1. The summed E-state index contributed by atoms with van der Waals surface area (Å²) in [6, 6.07) is 16.5. The van der Waals surface area contributed by atoms with Gasteiger partial charge in [-0.1, -0.05) is 30.3 Å². The molecule has 0 amide bonds. The second-order valence-electron chi connectivity index (χ2n) is 8.43. The number of methoxy groups -OCH3 is 1. The van der Waals surface area contributed by atoms with Gasteiger partial charge in [0, 0.05) is 23.9 Å². The van der Waals surface area contributed by atoms with E-state index in [1.54, 1.807) is 24.5 Å². The molecule has 2 aromatic carbocycles. The Hall–Kier alpha value is -3.77. The third-order valence-corrected chi connectivity index (χ3v) is 6.89. The van der Waals surface area contributed by atoms with Gasteiger partial charge in [0.2, 0.25) is 5.88 Å². The van der Waals surface area contributed by atoms with Crippen LogP contribution in [-0.2, 0) is 4.79 Å². The number of nitrogens with zero attached hydrogens (tertiary/aromatic N) is 2. The highest BCUT2D eigenvalue weighted by atomic mass is 32.1. The molecule has 6 heteroatoms. The summed E-state index contributed by atoms with van der Waals surface area (Å²) in [5.41, 5.74) is 10.6. The molecule has 0 bridgehead atoms. The lowest BCUT2D eigenvalue weighted by molar-refractivity contribution is -0.131. The number of benzene rings is 2. The van der Waals surface area contributed by atoms with Gasteiger partial charge in [0.15, 0.2) is 0 Å². The van der Waals surface area contributed by atoms with Gasteiger partial charge in [-0.25, -0.2) is 14.8 Å². The number of hydrogen-bond acceptors (Lipinski definition) is 5. The normalized spacial score (nSPS) is 14.4. The fourth-order valence-corrected chi connectivity index (χ4v) is 4.93. The molecule has 0 aliphatic heterocycles. The van der Waals surface area contributed by atoms with Crippen LogP contribution in [0.4, 0.5) is 0 Å². The van der Waals surface area contributed by atoms with Crippen molar-refractivity contribution in [1.82, 2.24) is 9.97 Å². The molecule has 1 aliphatic rings. The first kappa shape index (κ1) is 22.0. The van der Waals surface area contributed by atoms with E-state index >= 15 is 0 Å². The molecule has 2 aromatic heterocycles. The van der Waals surface area contributed by atoms with E-state index in [0.717, 1.165) is 57.0 Å². The highest BCUT2D eigenvalue weighted by Crippen LogP contribution is 2.48. The van der Waals surface area contributed by atoms with E-state index in [0.29, 0.717) is 11.8 Å². The smallest absolute Gasteiger partial charge is 0.328 e. The molecule has 0 atom stereocenters. The van der Waals surface area contributed by atoms with Crippen LogP contribution in [0.15, 0.2) is 66.3 Å². The highest BCUT2D eigenvalue weighted by molar-refractivity contribution is 7.16. The highest BCUT2D eigenvalue weighted by Gasteiger charge is 2.31. The molecule has 1 saturated carbocycles. The van der Waals surface area contributed by atoms with Crippen molar-refractivity contribution in [3.05, 3.63) is 94.1 Å². The van der Waals surface area contributed by atoms with Crippen LogP contribution in [-0.4, -0.2) is 28.2 Å². The fourth-order valence-electron chi connectivity index (χ4n) is 4.27. The van der Waals surface area contributed by atoms with E-state index in [-0.39, 0.29) is 0 Å². The van der Waals surface area contributed by atoms with Crippen LogP contribution in [0.3, 0.4) is 0 Å². The summed E-state index contributed by atoms with van der Waals surface area (Å²) in [6.45, 7) is 2.10. The maximum Gasteiger partial charge on any atom is 0.328 e. The minimum Gasteiger partial charge on any atom is -0.481 e. The van der Waals surface area contributed by atoms with Crippen molar-refractivity contribution in [2.24, 2.45) is 5.92 Å². The monoisotopic (exact) mass is 468 g/mol. The van der Waals surface area contributed by atoms with Crippen LogP contribution in [0.2, 0.25) is 0 Å². The first-order valence-corrected chi connectivity index (χ1v) is 12.0. The molecular formula is C28H24N2O3S. The molecule has 0 saturated heterocycles. The minimum atomic E-state index is -0.959. The zero-order valence-corrected chi connectivity index (χ0v) is 19.8. The van der Waals surface area contributed by atoms with Gasteiger partial charge in [0.05, 0.1) is 22.8 Å². The van der Waals surface area contributed by atoms with Crippen molar-refractivity contribution in [3.8, 4) is 5.88 Å². The molecule has 2 heterocycles. The van der Waals surface area contributed by atoms with Gasteiger partial charge in [-0.15, -0.1) is 11.3 Å². The maximum absolute atomic E-state index is 10.9. The third kappa shape index (κ3) is 4.50. The Morgan fingerprint density at radius 3 is 2.53 bits per heavy atom. The van der Waals surface area contributed by atoms with Crippen molar-refractivity contribution < 1.29 is 14.6 Å². The van der Waals surface area contributed by atoms with E-state index in [9.17, 15) is 4.79 Å². The number of aryl methyl sites for hydroxylation is 1. The lowest BCUT2D eigenvalue weighted by atomic mass is 9.86. The zero-order valence-electron chi connectivity index (χ0n) is 19.0. The minimum absolute atomic E-state index is 0.460. The second-order valence-corrected chi connectivity index (χ2v) is 9.32. The van der Waals surface area contributed by atoms with Crippen LogP contribution in [0.25, 0.3) is 27.4 Å². The molecular weight excluding hydrogens is 444 g/mol. The first-order valence-electron chi connectivity index (χ1n) is 11.1. The van der Waals surface area contributed by atoms with Crippen LogP contribution < -0.4 is 4.74 Å². The largest absolute Gasteiger partial charge is 0.481 e. The number of carbonyl (C=O) groups is 1. The Labute approximate surface area is 202 Å². The Morgan fingerprint density at radius 2 is 1.85 bits per heavy atom. The lowest BCUT2D eigenvalue weighted by Gasteiger charge is -2.19. The molecule has 4 aromatic rings. The number of thiazole rings is 1. The predicted octanol–water partition coefficient (Wildman–Crippen LogP) is 6.48. The molecule has 0 unspecified atom stereocenters. The molecule has 34 heavy (non-hydrogen) atoms. The number of carboxylic acid groups (broad SMARTS) is 1. The van der Waals surface area contributed by atoms with Gasteiger partial charge in [-0.2, -0.15) is 0 Å². The van der Waals surface area contributed by atoms with Gasteiger partial charge in [-0.3, -0.25) is 0 Å². The topological polar surface area (TPSA) is 72.3 Å². The Bertz CT molecular complexity index is 1430. The average molecular weight is 469 g/mol. The van der Waals surface area contributed by atoms with Crippen LogP contribution in [0.1, 0.15) is 40.7 Å². The summed E-state index contributed by atoms with van der Waals surface area (Å²) in [6.07, 6.45) is 6.97. The number of ether oxygens (including phenoxy) is 1. The quantitative estimate of drug-likeness (QED) is 0.315. The molecule has 1 aliphatic carbocycles. The zero-order chi connectivity index (χ0) is 23.7. The summed E-state index contributed by atoms with van der Waals surface area (Å²) in [4.78, 5) is 20.0. The number of rotatable bonds is 7. The molecule has 0 spiro atoms. The molecule has 5 rings (SSSR count). The predicted molar refractivity (Wildman–Crippen MR) is 137 cm³/mol. The third-order valence-electron chi connectivity index (χ3n) is 6.08. The van der Waals surface area contributed by atoms with Crippen molar-refractivity contribution in [3.63, 3.8) is 0 Å². The molecule has 0 radical (unpaired) electrons. The Morgan fingerprint density at radius 1 is 1.09 bits per heavy atom. The van der Waals surface area contributed by atoms with E-state index in [1.165, 1.54) is 11.1 Å². The summed E-state index contributed by atoms with van der Waals surface area (Å²) in [5.74, 6) is 0.109. The van der Waals surface area contributed by atoms with Crippen LogP contribution in [0, 0.1) is 12.8 Å². The number of aliphatic carboxylic acids is 1. The Balaban J connectivity index is 1.72. The van der Waals surface area contributed by atoms with Crippen LogP contribution in [0.5, 0.6) is 5.88 Å². The first-order chi connectivity index (χ1) is 16.5. The Kier molecular flexibility index (Phi) is 5.99. The van der Waals surface area contributed by atoms with Crippen LogP contribution >= 0.6 is 11.3 Å². The van der Waals surface area contributed by atoms with Crippen molar-refractivity contribution in [2.45, 2.75) is 19.8 Å². The van der Waals surface area contributed by atoms with Gasteiger partial charge in [-0.05, 0) is 77.3 Å². The van der Waals surface area contributed by atoms with Gasteiger partial charge in [0.25, 0.3) is 0 Å². The molecule has 1 N–H and O–H groups in total. The van der Waals surface area contributed by atoms with Gasteiger partial charge in [0.1, 0.15) is 0 Å². The lowest BCUT2D eigenvalue weighted by Crippen LogP contribution is -2.01. The number of carboxylic acids is 1. The molecule has 1 fully saturated rings. The van der Waals surface area contributed by atoms with Gasteiger partial charge < -0.3 is 9.84 Å². The SMILES string of the molecule is COc1cc(C)c(/C(=C(\c2ccc(/C=C/C(=O)O)cc2)c2ccc3scnc3c2)C2CC2)cn1. The molecule has 170 valence electrons. The number of allylic oxidation sites excluding steroid dienone is 1. The van der Waals surface area contributed by atoms with Crippen molar-refractivity contribution >= 4 is 44.7 Å². The number of fused-ring (bicyclic) bond motifs is 1. The fraction of sp³-hybridized carbons (Fsp3) is 0.179. The summed E-state index contributed by atoms with van der Waals surface area (Å²) in [5, 5.41) is 8.95. The van der Waals surface area contributed by atoms with E-state index in [4.69, 9.17) is 9.84 Å². The van der Waals surface area contributed by atoms with E-state index in [1.807, 2.05) is 29.9 Å². The van der Waals surface area contributed by atoms with E-state index < -0.39 is 5.97 Å². The average Bonchev–Trinajstić information content (AvgIpc) is 3.57. The second kappa shape index (κ2) is 9.23. The van der Waals surface area contributed by atoms with Crippen molar-refractivity contribution in [2.75, 3.05) is 7.11 Å². The number of aromatic nitrogens is 2. The molecule has 5 nitrogen and oxygen atoms in total. The van der Waals surface area contributed by atoms with Gasteiger partial charge >= 0.3 is 5.97 Å². The maximum atomic E-state index is 10.9. The van der Waals surface area contributed by atoms with Crippen molar-refractivity contribution in [1.29, 1.82) is 0 Å².